The van der Waals surface area contributed by atoms with E-state index in [1.807, 2.05) is 0 Å². The van der Waals surface area contributed by atoms with Gasteiger partial charge in [-0.05, 0) is 48.9 Å². The number of benzene rings is 2. The normalized spacial score (nSPS) is 17.1. The summed E-state index contributed by atoms with van der Waals surface area (Å²) in [6, 6.07) is 3.51. The van der Waals surface area contributed by atoms with Crippen LogP contribution in [0.5, 0.6) is 0 Å². The second-order valence-corrected chi connectivity index (χ2v) is 13.4. The van der Waals surface area contributed by atoms with Crippen LogP contribution < -0.4 is 4.72 Å². The standard InChI is InChI=1S/C26H27F7N2O2S/c1-23(2,3)14-35-13-18(22(26(31,32)33)34-38(36,37)24(4)9-10-24)17-11-20(27)16(12-21(17)35)15-7-5-6-8-19(15)25(28,29)30/h5-8,11-13,22,34H,9-10,14H2,1-4H3/t22-/m0/s1. The van der Waals surface area contributed by atoms with Crippen molar-refractivity contribution in [1.82, 2.24) is 9.29 Å². The summed E-state index contributed by atoms with van der Waals surface area (Å²) >= 11 is 0. The lowest BCUT2D eigenvalue weighted by molar-refractivity contribution is -0.152. The zero-order valence-electron chi connectivity index (χ0n) is 21.1. The van der Waals surface area contributed by atoms with Gasteiger partial charge in [-0.1, -0.05) is 39.0 Å². The Labute approximate surface area is 215 Å². The highest BCUT2D eigenvalue weighted by molar-refractivity contribution is 7.91. The first-order valence-corrected chi connectivity index (χ1v) is 13.3. The number of nitrogens with one attached hydrogen (secondary N) is 1. The molecule has 1 aliphatic carbocycles. The number of hydrogen-bond donors (Lipinski definition) is 1. The molecule has 0 bridgehead atoms. The van der Waals surface area contributed by atoms with Crippen LogP contribution in [0, 0.1) is 11.2 Å². The van der Waals surface area contributed by atoms with Gasteiger partial charge < -0.3 is 4.57 Å². The maximum atomic E-state index is 15.4. The molecule has 38 heavy (non-hydrogen) atoms. The molecular formula is C26H27F7N2O2S. The predicted molar refractivity (Wildman–Crippen MR) is 130 cm³/mol. The summed E-state index contributed by atoms with van der Waals surface area (Å²) in [5.74, 6) is -1.16. The Kier molecular flexibility index (Phi) is 6.71. The summed E-state index contributed by atoms with van der Waals surface area (Å²) in [6.45, 7) is 6.89. The first kappa shape index (κ1) is 28.4. The average molecular weight is 565 g/mol. The second-order valence-electron chi connectivity index (χ2n) is 11.2. The number of sulfonamides is 1. The highest BCUT2D eigenvalue weighted by atomic mass is 32.2. The molecule has 0 unspecified atom stereocenters. The molecule has 0 radical (unpaired) electrons. The molecule has 1 heterocycles. The van der Waals surface area contributed by atoms with Crippen LogP contribution in [-0.4, -0.2) is 23.9 Å². The molecule has 0 spiro atoms. The van der Waals surface area contributed by atoms with E-state index < -0.39 is 66.7 Å². The summed E-state index contributed by atoms with van der Waals surface area (Å²) in [6.07, 6.45) is -8.36. The van der Waals surface area contributed by atoms with Gasteiger partial charge in [0, 0.05) is 34.8 Å². The summed E-state index contributed by atoms with van der Waals surface area (Å²) in [5, 5.41) is -0.244. The fourth-order valence-corrected chi connectivity index (χ4v) is 5.92. The third kappa shape index (κ3) is 5.42. The molecule has 208 valence electrons. The number of aromatic nitrogens is 1. The molecule has 0 aliphatic heterocycles. The van der Waals surface area contributed by atoms with E-state index in [1.54, 1.807) is 25.5 Å². The van der Waals surface area contributed by atoms with E-state index in [2.05, 4.69) is 0 Å². The van der Waals surface area contributed by atoms with Crippen LogP contribution in [0.15, 0.2) is 42.6 Å². The first-order valence-electron chi connectivity index (χ1n) is 11.8. The Morgan fingerprint density at radius 1 is 1.00 bits per heavy atom. The van der Waals surface area contributed by atoms with Gasteiger partial charge >= 0.3 is 12.4 Å². The van der Waals surface area contributed by atoms with Crippen LogP contribution in [0.1, 0.15) is 57.7 Å². The van der Waals surface area contributed by atoms with E-state index in [4.69, 9.17) is 0 Å². The number of nitrogens with zero attached hydrogens (tertiary/aromatic N) is 1. The minimum Gasteiger partial charge on any atom is -0.347 e. The maximum absolute atomic E-state index is 15.4. The molecule has 1 aliphatic rings. The molecule has 2 aromatic carbocycles. The molecule has 12 heteroatoms. The largest absolute Gasteiger partial charge is 0.417 e. The van der Waals surface area contributed by atoms with Crippen molar-refractivity contribution in [1.29, 1.82) is 0 Å². The molecule has 4 nitrogen and oxygen atoms in total. The highest BCUT2D eigenvalue weighted by Crippen LogP contribution is 2.46. The van der Waals surface area contributed by atoms with Gasteiger partial charge in [-0.15, -0.1) is 0 Å². The van der Waals surface area contributed by atoms with Gasteiger partial charge in [0.15, 0.2) is 0 Å². The molecule has 1 saturated carbocycles. The minimum atomic E-state index is -5.07. The third-order valence-electron chi connectivity index (χ3n) is 6.68. The van der Waals surface area contributed by atoms with E-state index >= 15 is 4.39 Å². The lowest BCUT2D eigenvalue weighted by atomic mass is 9.95. The van der Waals surface area contributed by atoms with E-state index in [9.17, 15) is 34.8 Å². The number of fused-ring (bicyclic) bond motifs is 1. The van der Waals surface area contributed by atoms with Gasteiger partial charge in [-0.2, -0.15) is 31.1 Å². The van der Waals surface area contributed by atoms with E-state index in [1.165, 1.54) is 17.6 Å². The van der Waals surface area contributed by atoms with Gasteiger partial charge in [0.2, 0.25) is 10.0 Å². The van der Waals surface area contributed by atoms with Gasteiger partial charge in [0.05, 0.1) is 10.3 Å². The molecule has 0 saturated heterocycles. The van der Waals surface area contributed by atoms with Crippen molar-refractivity contribution in [2.45, 2.75) is 70.2 Å². The smallest absolute Gasteiger partial charge is 0.347 e. The monoisotopic (exact) mass is 564 g/mol. The Morgan fingerprint density at radius 3 is 2.13 bits per heavy atom. The third-order valence-corrected chi connectivity index (χ3v) is 8.93. The predicted octanol–water partition coefficient (Wildman–Crippen LogP) is 7.59. The van der Waals surface area contributed by atoms with Crippen molar-refractivity contribution in [2.24, 2.45) is 5.41 Å². The molecule has 0 amide bonds. The molecule has 1 fully saturated rings. The molecular weight excluding hydrogens is 537 g/mol. The van der Waals surface area contributed by atoms with Gasteiger partial charge in [-0.3, -0.25) is 0 Å². The van der Waals surface area contributed by atoms with Crippen molar-refractivity contribution in [2.75, 3.05) is 0 Å². The molecule has 3 aromatic rings. The van der Waals surface area contributed by atoms with Crippen LogP contribution in [-0.2, 0) is 22.7 Å². The van der Waals surface area contributed by atoms with Crippen LogP contribution in [0.4, 0.5) is 30.7 Å². The molecule has 1 atom stereocenters. The van der Waals surface area contributed by atoms with Crippen LogP contribution in [0.3, 0.4) is 0 Å². The summed E-state index contributed by atoms with van der Waals surface area (Å²) in [4.78, 5) is 0. The van der Waals surface area contributed by atoms with E-state index in [0.717, 1.165) is 36.5 Å². The average Bonchev–Trinajstić information content (AvgIpc) is 3.44. The Balaban J connectivity index is 1.97. The van der Waals surface area contributed by atoms with Gasteiger partial charge in [0.1, 0.15) is 11.9 Å². The summed E-state index contributed by atoms with van der Waals surface area (Å²) < 4.78 is 127. The van der Waals surface area contributed by atoms with Crippen LogP contribution in [0.2, 0.25) is 0 Å². The van der Waals surface area contributed by atoms with Crippen molar-refractivity contribution in [3.8, 4) is 11.1 Å². The number of alkyl halides is 6. The van der Waals surface area contributed by atoms with Gasteiger partial charge in [-0.25, -0.2) is 12.8 Å². The summed E-state index contributed by atoms with van der Waals surface area (Å²) in [7, 11) is -4.39. The lowest BCUT2D eigenvalue weighted by Gasteiger charge is -2.23. The number of halogens is 7. The number of rotatable bonds is 6. The zero-order chi connectivity index (χ0) is 28.5. The first-order chi connectivity index (χ1) is 17.2. The van der Waals surface area contributed by atoms with E-state index in [-0.39, 0.29) is 30.3 Å². The lowest BCUT2D eigenvalue weighted by Crippen LogP contribution is -2.42. The quantitative estimate of drug-likeness (QED) is 0.314. The SMILES string of the molecule is CC(C)(C)Cn1cc([C@H](NS(=O)(=O)C2(C)CC2)C(F)(F)F)c2cc(F)c(-c3ccccc3C(F)(F)F)cc21. The van der Waals surface area contributed by atoms with Gasteiger partial charge in [0.25, 0.3) is 0 Å². The van der Waals surface area contributed by atoms with E-state index in [0.29, 0.717) is 0 Å². The van der Waals surface area contributed by atoms with Crippen molar-refractivity contribution >= 4 is 20.9 Å². The Morgan fingerprint density at radius 2 is 1.61 bits per heavy atom. The van der Waals surface area contributed by atoms with Crippen LogP contribution >= 0.6 is 0 Å². The zero-order valence-corrected chi connectivity index (χ0v) is 21.9. The fraction of sp³-hybridized carbons (Fsp3) is 0.462. The van der Waals surface area contributed by atoms with Crippen molar-refractivity contribution in [3.05, 3.63) is 59.5 Å². The maximum Gasteiger partial charge on any atom is 0.417 e. The molecule has 1 aromatic heterocycles. The molecule has 4 rings (SSSR count). The summed E-state index contributed by atoms with van der Waals surface area (Å²) in [5.41, 5.74) is -2.95. The minimum absolute atomic E-state index is 0.0504. The number of hydrogen-bond acceptors (Lipinski definition) is 2. The topological polar surface area (TPSA) is 51.1 Å². The Hall–Kier alpha value is -2.60. The van der Waals surface area contributed by atoms with Crippen molar-refractivity contribution < 1.29 is 39.2 Å². The second kappa shape index (κ2) is 8.97. The fourth-order valence-electron chi connectivity index (χ4n) is 4.43. The highest BCUT2D eigenvalue weighted by Gasteiger charge is 2.54. The van der Waals surface area contributed by atoms with Crippen LogP contribution in [0.25, 0.3) is 22.0 Å². The Bertz CT molecular complexity index is 1480. The van der Waals surface area contributed by atoms with Crippen molar-refractivity contribution in [3.63, 3.8) is 0 Å². The molecule has 1 N–H and O–H groups in total.